The molecule has 0 saturated heterocycles. The zero-order chi connectivity index (χ0) is 12.1. The summed E-state index contributed by atoms with van der Waals surface area (Å²) in [6, 6.07) is 1.14. The van der Waals surface area contributed by atoms with Gasteiger partial charge in [0.05, 0.1) is 11.3 Å². The summed E-state index contributed by atoms with van der Waals surface area (Å²) in [7, 11) is 0. The van der Waals surface area contributed by atoms with E-state index in [0.717, 1.165) is 25.3 Å². The summed E-state index contributed by atoms with van der Waals surface area (Å²) in [5.74, 6) is -1.11. The molecule has 0 aliphatic carbocycles. The highest BCUT2D eigenvalue weighted by Crippen LogP contribution is 2.01. The van der Waals surface area contributed by atoms with Crippen molar-refractivity contribution in [2.45, 2.75) is 39.7 Å². The van der Waals surface area contributed by atoms with Crippen LogP contribution in [0.5, 0.6) is 0 Å². The lowest BCUT2D eigenvalue weighted by atomic mass is 10.2. The van der Waals surface area contributed by atoms with Gasteiger partial charge in [0.1, 0.15) is 0 Å². The molecule has 0 saturated carbocycles. The molecule has 5 heteroatoms. The van der Waals surface area contributed by atoms with Crippen molar-refractivity contribution in [2.75, 3.05) is 0 Å². The van der Waals surface area contributed by atoms with Crippen molar-refractivity contribution in [2.24, 2.45) is 0 Å². The SMILES string of the molecule is CCCCCn1nc(C)c(C(=O)O)cc1=O. The van der Waals surface area contributed by atoms with E-state index in [2.05, 4.69) is 12.0 Å². The number of carboxylic acids is 1. The molecule has 0 aliphatic heterocycles. The summed E-state index contributed by atoms with van der Waals surface area (Å²) in [5, 5.41) is 12.8. The molecule has 0 aromatic carbocycles. The highest BCUT2D eigenvalue weighted by atomic mass is 16.4. The van der Waals surface area contributed by atoms with Crippen molar-refractivity contribution < 1.29 is 9.90 Å². The number of aryl methyl sites for hydroxylation is 2. The third-order valence-corrected chi connectivity index (χ3v) is 2.39. The predicted octanol–water partition coefficient (Wildman–Crippen LogP) is 1.44. The summed E-state index contributed by atoms with van der Waals surface area (Å²) in [5.41, 5.74) is 0.0134. The normalized spacial score (nSPS) is 10.4. The lowest BCUT2D eigenvalue weighted by Crippen LogP contribution is -2.25. The number of aromatic nitrogens is 2. The van der Waals surface area contributed by atoms with Gasteiger partial charge in [-0.25, -0.2) is 9.48 Å². The first-order chi connectivity index (χ1) is 7.56. The van der Waals surface area contributed by atoms with Crippen LogP contribution < -0.4 is 5.56 Å². The quantitative estimate of drug-likeness (QED) is 0.768. The van der Waals surface area contributed by atoms with E-state index < -0.39 is 5.97 Å². The van der Waals surface area contributed by atoms with Gasteiger partial charge in [-0.2, -0.15) is 5.10 Å². The van der Waals surface area contributed by atoms with Crippen LogP contribution in [-0.2, 0) is 6.54 Å². The second-order valence-electron chi connectivity index (χ2n) is 3.72. The Balaban J connectivity index is 2.93. The van der Waals surface area contributed by atoms with Crippen LogP contribution in [0.25, 0.3) is 0 Å². The van der Waals surface area contributed by atoms with Gasteiger partial charge in [0.25, 0.3) is 5.56 Å². The van der Waals surface area contributed by atoms with Gasteiger partial charge in [-0.05, 0) is 13.3 Å². The van der Waals surface area contributed by atoms with Crippen molar-refractivity contribution in [3.63, 3.8) is 0 Å². The molecule has 1 aromatic heterocycles. The molecule has 1 rings (SSSR count). The van der Waals surface area contributed by atoms with Crippen molar-refractivity contribution in [1.82, 2.24) is 9.78 Å². The van der Waals surface area contributed by atoms with Crippen molar-refractivity contribution >= 4 is 5.97 Å². The third-order valence-electron chi connectivity index (χ3n) is 2.39. The lowest BCUT2D eigenvalue weighted by molar-refractivity contribution is 0.0695. The van der Waals surface area contributed by atoms with E-state index in [9.17, 15) is 9.59 Å². The molecule has 0 aliphatic rings. The highest BCUT2D eigenvalue weighted by Gasteiger charge is 2.10. The summed E-state index contributed by atoms with van der Waals surface area (Å²) in [4.78, 5) is 22.3. The van der Waals surface area contributed by atoms with E-state index in [1.165, 1.54) is 4.68 Å². The van der Waals surface area contributed by atoms with E-state index >= 15 is 0 Å². The molecule has 0 bridgehead atoms. The number of hydrogen-bond donors (Lipinski definition) is 1. The first-order valence-corrected chi connectivity index (χ1v) is 5.38. The van der Waals surface area contributed by atoms with Crippen molar-refractivity contribution in [3.8, 4) is 0 Å². The van der Waals surface area contributed by atoms with Gasteiger partial charge in [-0.1, -0.05) is 19.8 Å². The average Bonchev–Trinajstić information content (AvgIpc) is 2.22. The van der Waals surface area contributed by atoms with Crippen molar-refractivity contribution in [1.29, 1.82) is 0 Å². The van der Waals surface area contributed by atoms with E-state index in [-0.39, 0.29) is 11.1 Å². The molecule has 88 valence electrons. The molecule has 0 atom stereocenters. The van der Waals surface area contributed by atoms with Crippen LogP contribution >= 0.6 is 0 Å². The van der Waals surface area contributed by atoms with Crippen LogP contribution in [0.4, 0.5) is 0 Å². The zero-order valence-electron chi connectivity index (χ0n) is 9.56. The summed E-state index contributed by atoms with van der Waals surface area (Å²) >= 11 is 0. The van der Waals surface area contributed by atoms with Gasteiger partial charge in [-0.3, -0.25) is 4.79 Å². The zero-order valence-corrected chi connectivity index (χ0v) is 9.56. The van der Waals surface area contributed by atoms with Gasteiger partial charge in [-0.15, -0.1) is 0 Å². The molecule has 5 nitrogen and oxygen atoms in total. The maximum absolute atomic E-state index is 11.5. The molecule has 0 radical (unpaired) electrons. The summed E-state index contributed by atoms with van der Waals surface area (Å²) < 4.78 is 1.33. The lowest BCUT2D eigenvalue weighted by Gasteiger charge is -2.06. The molecule has 0 amide bonds. The standard InChI is InChI=1S/C11H16N2O3/c1-3-4-5-6-13-10(14)7-9(11(15)16)8(2)12-13/h7H,3-6H2,1-2H3,(H,15,16). The Morgan fingerprint density at radius 3 is 2.75 bits per heavy atom. The molecular weight excluding hydrogens is 208 g/mol. The molecule has 0 fully saturated rings. The van der Waals surface area contributed by atoms with Gasteiger partial charge >= 0.3 is 5.97 Å². The van der Waals surface area contributed by atoms with Crippen LogP contribution in [0.15, 0.2) is 10.9 Å². The van der Waals surface area contributed by atoms with E-state index in [1.54, 1.807) is 6.92 Å². The van der Waals surface area contributed by atoms with Gasteiger partial charge in [0.2, 0.25) is 0 Å². The monoisotopic (exact) mass is 224 g/mol. The third kappa shape index (κ3) is 2.92. The molecule has 0 unspecified atom stereocenters. The molecule has 1 N–H and O–H groups in total. The summed E-state index contributed by atoms with van der Waals surface area (Å²) in [6.45, 7) is 4.22. The topological polar surface area (TPSA) is 72.2 Å². The Bertz CT molecular complexity index is 437. The van der Waals surface area contributed by atoms with Crippen LogP contribution in [0.2, 0.25) is 0 Å². The number of aromatic carboxylic acids is 1. The largest absolute Gasteiger partial charge is 0.478 e. The molecule has 1 heterocycles. The molecule has 16 heavy (non-hydrogen) atoms. The first kappa shape index (κ1) is 12.4. The Morgan fingerprint density at radius 2 is 2.19 bits per heavy atom. The number of carboxylic acid groups (broad SMARTS) is 1. The minimum atomic E-state index is -1.11. The van der Waals surface area contributed by atoms with E-state index in [4.69, 9.17) is 5.11 Å². The fraction of sp³-hybridized carbons (Fsp3) is 0.545. The number of nitrogens with zero attached hydrogens (tertiary/aromatic N) is 2. The van der Waals surface area contributed by atoms with Crippen LogP contribution in [-0.4, -0.2) is 20.9 Å². The fourth-order valence-electron chi connectivity index (χ4n) is 1.47. The number of hydrogen-bond acceptors (Lipinski definition) is 3. The predicted molar refractivity (Wildman–Crippen MR) is 59.7 cm³/mol. The molecular formula is C11H16N2O3. The van der Waals surface area contributed by atoms with E-state index in [0.29, 0.717) is 12.2 Å². The minimum Gasteiger partial charge on any atom is -0.478 e. The number of carbonyl (C=O) groups is 1. The number of unbranched alkanes of at least 4 members (excludes halogenated alkanes) is 2. The van der Waals surface area contributed by atoms with Crippen LogP contribution in [0.1, 0.15) is 42.2 Å². The van der Waals surface area contributed by atoms with Crippen LogP contribution in [0.3, 0.4) is 0 Å². The fourth-order valence-corrected chi connectivity index (χ4v) is 1.47. The molecule has 1 aromatic rings. The molecule has 0 spiro atoms. The Hall–Kier alpha value is -1.65. The van der Waals surface area contributed by atoms with Crippen LogP contribution in [0, 0.1) is 6.92 Å². The second kappa shape index (κ2) is 5.44. The average molecular weight is 224 g/mol. The minimum absolute atomic E-state index is 0.0169. The Morgan fingerprint density at radius 1 is 1.50 bits per heavy atom. The van der Waals surface area contributed by atoms with Gasteiger partial charge in [0, 0.05) is 12.6 Å². The van der Waals surface area contributed by atoms with E-state index in [1.807, 2.05) is 0 Å². The Labute approximate surface area is 93.7 Å². The smallest absolute Gasteiger partial charge is 0.337 e. The summed E-state index contributed by atoms with van der Waals surface area (Å²) in [6.07, 6.45) is 2.99. The van der Waals surface area contributed by atoms with Gasteiger partial charge in [0.15, 0.2) is 0 Å². The maximum atomic E-state index is 11.5. The van der Waals surface area contributed by atoms with Gasteiger partial charge < -0.3 is 5.11 Å². The van der Waals surface area contributed by atoms with Crippen molar-refractivity contribution in [3.05, 3.63) is 27.7 Å². The first-order valence-electron chi connectivity index (χ1n) is 5.38. The Kier molecular flexibility index (Phi) is 4.22. The number of rotatable bonds is 5. The maximum Gasteiger partial charge on any atom is 0.337 e. The second-order valence-corrected chi connectivity index (χ2v) is 3.72. The highest BCUT2D eigenvalue weighted by molar-refractivity contribution is 5.88.